The number of aliphatic carboxylic acids is 1. The fourth-order valence-electron chi connectivity index (χ4n) is 2.01. The minimum Gasteiger partial charge on any atom is -0.481 e. The summed E-state index contributed by atoms with van der Waals surface area (Å²) in [5.74, 6) is -1.12. The molecule has 0 amide bonds. The van der Waals surface area contributed by atoms with E-state index in [0.717, 1.165) is 5.56 Å². The van der Waals surface area contributed by atoms with Crippen molar-refractivity contribution in [2.24, 2.45) is 11.7 Å². The van der Waals surface area contributed by atoms with Crippen LogP contribution in [0.5, 0.6) is 0 Å². The summed E-state index contributed by atoms with van der Waals surface area (Å²) in [6.45, 7) is 0.420. The average Bonchev–Trinajstić information content (AvgIpc) is 2.56. The third-order valence-electron chi connectivity index (χ3n) is 3.23. The third-order valence-corrected chi connectivity index (χ3v) is 4.10. The highest BCUT2D eigenvalue weighted by atomic mass is 32.2. The molecule has 0 saturated carbocycles. The Hall–Kier alpha value is -2.22. The fourth-order valence-corrected chi connectivity index (χ4v) is 2.51. The first-order chi connectivity index (χ1) is 11.3. The standard InChI is InChI=1S/C11H15NO2.C6H6O3S/c12-7-6-10(11(13)14)8-9-4-2-1-3-5-9;7-10(8,9)6-4-2-1-3-5-6/h1-5,10H,6-8,12H2,(H,13,14);1-5H,(H,7,8,9). The molecule has 4 N–H and O–H groups in total. The highest BCUT2D eigenvalue weighted by molar-refractivity contribution is 7.85. The van der Waals surface area contributed by atoms with Gasteiger partial charge >= 0.3 is 5.97 Å². The Balaban J connectivity index is 0.000000254. The SMILES string of the molecule is NCCC(Cc1ccccc1)C(=O)O.O=S(=O)(O)c1ccccc1. The first kappa shape index (κ1) is 19.8. The predicted molar refractivity (Wildman–Crippen MR) is 91.2 cm³/mol. The number of rotatable bonds is 6. The molecule has 7 heteroatoms. The van der Waals surface area contributed by atoms with E-state index >= 15 is 0 Å². The molecule has 0 spiro atoms. The second-order valence-corrected chi connectivity index (χ2v) is 6.51. The van der Waals surface area contributed by atoms with Gasteiger partial charge < -0.3 is 10.8 Å². The van der Waals surface area contributed by atoms with E-state index in [1.807, 2.05) is 30.3 Å². The normalized spacial score (nSPS) is 11.9. The molecule has 1 unspecified atom stereocenters. The number of carbonyl (C=O) groups is 1. The molecule has 0 aliphatic carbocycles. The molecule has 0 heterocycles. The molecule has 0 saturated heterocycles. The van der Waals surface area contributed by atoms with Gasteiger partial charge in [0.1, 0.15) is 0 Å². The molecule has 0 radical (unpaired) electrons. The number of carboxylic acids is 1. The summed E-state index contributed by atoms with van der Waals surface area (Å²) >= 11 is 0. The minimum atomic E-state index is -4.00. The Bertz CT molecular complexity index is 717. The highest BCUT2D eigenvalue weighted by Crippen LogP contribution is 2.11. The first-order valence-electron chi connectivity index (χ1n) is 7.34. The predicted octanol–water partition coefficient (Wildman–Crippen LogP) is 2.21. The quantitative estimate of drug-likeness (QED) is 0.687. The van der Waals surface area contributed by atoms with Gasteiger partial charge in [0.05, 0.1) is 10.8 Å². The van der Waals surface area contributed by atoms with Gasteiger partial charge in [-0.05, 0) is 37.1 Å². The van der Waals surface area contributed by atoms with Crippen LogP contribution >= 0.6 is 0 Å². The van der Waals surface area contributed by atoms with Crippen LogP contribution in [-0.2, 0) is 21.3 Å². The van der Waals surface area contributed by atoms with Gasteiger partial charge in [0.25, 0.3) is 10.1 Å². The molecular weight excluding hydrogens is 330 g/mol. The molecule has 130 valence electrons. The summed E-state index contributed by atoms with van der Waals surface area (Å²) in [6, 6.07) is 17.0. The summed E-state index contributed by atoms with van der Waals surface area (Å²) in [4.78, 5) is 10.8. The molecule has 2 aromatic rings. The molecule has 2 aromatic carbocycles. The number of benzene rings is 2. The van der Waals surface area contributed by atoms with E-state index in [2.05, 4.69) is 0 Å². The van der Waals surface area contributed by atoms with E-state index in [-0.39, 0.29) is 10.8 Å². The van der Waals surface area contributed by atoms with Crippen LogP contribution in [0.4, 0.5) is 0 Å². The summed E-state index contributed by atoms with van der Waals surface area (Å²) in [5, 5.41) is 8.91. The third kappa shape index (κ3) is 7.36. The van der Waals surface area contributed by atoms with Crippen LogP contribution in [-0.4, -0.2) is 30.6 Å². The lowest BCUT2D eigenvalue weighted by Crippen LogP contribution is -2.20. The van der Waals surface area contributed by atoms with Gasteiger partial charge in [-0.25, -0.2) is 0 Å². The molecule has 24 heavy (non-hydrogen) atoms. The van der Waals surface area contributed by atoms with Crippen molar-refractivity contribution >= 4 is 16.1 Å². The van der Waals surface area contributed by atoms with Crippen molar-refractivity contribution in [2.75, 3.05) is 6.54 Å². The zero-order valence-electron chi connectivity index (χ0n) is 13.1. The van der Waals surface area contributed by atoms with E-state index in [4.69, 9.17) is 15.4 Å². The van der Waals surface area contributed by atoms with Gasteiger partial charge in [-0.15, -0.1) is 0 Å². The Kier molecular flexibility index (Phi) is 8.11. The summed E-state index contributed by atoms with van der Waals surface area (Å²) in [5.41, 5.74) is 6.41. The molecule has 2 rings (SSSR count). The molecular formula is C17H21NO5S. The van der Waals surface area contributed by atoms with Crippen LogP contribution < -0.4 is 5.73 Å². The van der Waals surface area contributed by atoms with E-state index in [1.165, 1.54) is 12.1 Å². The van der Waals surface area contributed by atoms with E-state index in [0.29, 0.717) is 19.4 Å². The second-order valence-electron chi connectivity index (χ2n) is 5.09. The molecule has 6 nitrogen and oxygen atoms in total. The Morgan fingerprint density at radius 3 is 1.88 bits per heavy atom. The van der Waals surface area contributed by atoms with Gasteiger partial charge in [-0.1, -0.05) is 48.5 Å². The maximum atomic E-state index is 10.8. The highest BCUT2D eigenvalue weighted by Gasteiger charge is 2.16. The summed E-state index contributed by atoms with van der Waals surface area (Å²) in [6.07, 6.45) is 1.09. The van der Waals surface area contributed by atoms with E-state index < -0.39 is 16.1 Å². The maximum absolute atomic E-state index is 10.8. The van der Waals surface area contributed by atoms with Gasteiger partial charge in [-0.2, -0.15) is 8.42 Å². The Morgan fingerprint density at radius 1 is 1.00 bits per heavy atom. The van der Waals surface area contributed by atoms with Crippen LogP contribution in [0.3, 0.4) is 0 Å². The van der Waals surface area contributed by atoms with Crippen LogP contribution in [0.25, 0.3) is 0 Å². The summed E-state index contributed by atoms with van der Waals surface area (Å²) in [7, 11) is -4.00. The van der Waals surface area contributed by atoms with Crippen LogP contribution in [0.1, 0.15) is 12.0 Å². The molecule has 0 aliphatic heterocycles. The largest absolute Gasteiger partial charge is 0.481 e. The van der Waals surface area contributed by atoms with E-state index in [1.54, 1.807) is 18.2 Å². The van der Waals surface area contributed by atoms with Gasteiger partial charge in [-0.3, -0.25) is 9.35 Å². The fraction of sp³-hybridized carbons (Fsp3) is 0.235. The number of carboxylic acid groups (broad SMARTS) is 1. The lowest BCUT2D eigenvalue weighted by molar-refractivity contribution is -0.141. The van der Waals surface area contributed by atoms with Gasteiger partial charge in [0.15, 0.2) is 0 Å². The van der Waals surface area contributed by atoms with Crippen molar-refractivity contribution in [2.45, 2.75) is 17.7 Å². The van der Waals surface area contributed by atoms with Crippen molar-refractivity contribution in [1.82, 2.24) is 0 Å². The monoisotopic (exact) mass is 351 g/mol. The van der Waals surface area contributed by atoms with Crippen molar-refractivity contribution in [3.8, 4) is 0 Å². The molecule has 0 bridgehead atoms. The maximum Gasteiger partial charge on any atom is 0.306 e. The molecule has 1 atom stereocenters. The van der Waals surface area contributed by atoms with Gasteiger partial charge in [0.2, 0.25) is 0 Å². The molecule has 0 aliphatic rings. The number of hydrogen-bond acceptors (Lipinski definition) is 4. The first-order valence-corrected chi connectivity index (χ1v) is 8.78. The summed E-state index contributed by atoms with van der Waals surface area (Å²) < 4.78 is 29.2. The molecule has 0 fully saturated rings. The van der Waals surface area contributed by atoms with Crippen molar-refractivity contribution in [1.29, 1.82) is 0 Å². The van der Waals surface area contributed by atoms with Crippen molar-refractivity contribution < 1.29 is 22.9 Å². The number of nitrogens with two attached hydrogens (primary N) is 1. The number of hydrogen-bond donors (Lipinski definition) is 3. The average molecular weight is 351 g/mol. The van der Waals surface area contributed by atoms with Crippen molar-refractivity contribution in [3.63, 3.8) is 0 Å². The zero-order valence-corrected chi connectivity index (χ0v) is 13.9. The van der Waals surface area contributed by atoms with Crippen LogP contribution in [0.2, 0.25) is 0 Å². The Morgan fingerprint density at radius 2 is 1.50 bits per heavy atom. The van der Waals surface area contributed by atoms with Crippen LogP contribution in [0, 0.1) is 5.92 Å². The van der Waals surface area contributed by atoms with Crippen LogP contribution in [0.15, 0.2) is 65.6 Å². The lowest BCUT2D eigenvalue weighted by atomic mass is 9.96. The topological polar surface area (TPSA) is 118 Å². The van der Waals surface area contributed by atoms with Gasteiger partial charge in [0, 0.05) is 0 Å². The van der Waals surface area contributed by atoms with E-state index in [9.17, 15) is 13.2 Å². The zero-order chi connectivity index (χ0) is 18.0. The van der Waals surface area contributed by atoms with Crippen molar-refractivity contribution in [3.05, 3.63) is 66.2 Å². The second kappa shape index (κ2) is 9.82. The molecule has 0 aromatic heterocycles. The lowest BCUT2D eigenvalue weighted by Gasteiger charge is -2.10. The minimum absolute atomic E-state index is 0.0741. The smallest absolute Gasteiger partial charge is 0.306 e. The Labute approximate surface area is 141 Å².